The van der Waals surface area contributed by atoms with E-state index in [2.05, 4.69) is 0 Å². The molecule has 0 aromatic heterocycles. The predicted molar refractivity (Wildman–Crippen MR) is 11.5 cm³/mol. The Bertz CT molecular complexity index is 8.00. The molecule has 4 heteroatoms. The van der Waals surface area contributed by atoms with Gasteiger partial charge in [0.1, 0.15) is 0 Å². The molecular weight excluding hydrogens is 173 g/mol. The summed E-state index contributed by atoms with van der Waals surface area (Å²) in [5.41, 5.74) is 0. The van der Waals surface area contributed by atoms with E-state index in [-0.39, 0.29) is 115 Å². The summed E-state index contributed by atoms with van der Waals surface area (Å²) in [6.07, 6.45) is 0. The van der Waals surface area contributed by atoms with Gasteiger partial charge in [0.05, 0.1) is 0 Å². The summed E-state index contributed by atoms with van der Waals surface area (Å²) in [5.74, 6) is 0. The fourth-order valence-electron chi connectivity index (χ4n) is 0. The first kappa shape index (κ1) is 25.3. The summed E-state index contributed by atoms with van der Waals surface area (Å²) in [4.78, 5) is 0. The van der Waals surface area contributed by atoms with Crippen molar-refractivity contribution >= 4 is 80.9 Å². The van der Waals surface area contributed by atoms with Crippen molar-refractivity contribution in [2.45, 2.75) is 0 Å². The van der Waals surface area contributed by atoms with Crippen molar-refractivity contribution in [3.63, 3.8) is 0 Å². The molecular formula is FeKMnNa. The van der Waals surface area contributed by atoms with Gasteiger partial charge in [0.25, 0.3) is 0 Å². The second-order valence-electron chi connectivity index (χ2n) is 0. The smallest absolute Gasteiger partial charge is 0 e. The Morgan fingerprint density at radius 2 is 1.00 bits per heavy atom. The topological polar surface area (TPSA) is 0 Å². The molecule has 0 saturated carbocycles. The molecule has 0 aromatic rings. The molecule has 0 aromatic carbocycles. The average molecular weight is 173 g/mol. The van der Waals surface area contributed by atoms with Gasteiger partial charge in [-0.25, -0.2) is 0 Å². The Hall–Kier alpha value is 3.68. The van der Waals surface area contributed by atoms with E-state index in [1.165, 1.54) is 0 Å². The van der Waals surface area contributed by atoms with Crippen molar-refractivity contribution < 1.29 is 34.1 Å². The van der Waals surface area contributed by atoms with Crippen LogP contribution in [0.5, 0.6) is 0 Å². The molecule has 0 fully saturated rings. The monoisotopic (exact) mass is 173 g/mol. The molecule has 0 aliphatic rings. The minimum atomic E-state index is 0. The molecule has 0 spiro atoms. The molecule has 3 radical (unpaired) electrons. The Labute approximate surface area is 112 Å². The van der Waals surface area contributed by atoms with Crippen LogP contribution in [-0.2, 0) is 34.1 Å². The van der Waals surface area contributed by atoms with E-state index >= 15 is 0 Å². The summed E-state index contributed by atoms with van der Waals surface area (Å²) in [7, 11) is 0. The van der Waals surface area contributed by atoms with E-state index in [4.69, 9.17) is 0 Å². The molecule has 0 bridgehead atoms. The summed E-state index contributed by atoms with van der Waals surface area (Å²) in [6.45, 7) is 0. The number of rotatable bonds is 0. The van der Waals surface area contributed by atoms with Crippen LogP contribution in [0.3, 0.4) is 0 Å². The van der Waals surface area contributed by atoms with Crippen molar-refractivity contribution in [3.05, 3.63) is 0 Å². The van der Waals surface area contributed by atoms with Gasteiger partial charge in [0.2, 0.25) is 0 Å². The third kappa shape index (κ3) is 9.18. The molecule has 0 amide bonds. The molecule has 0 atom stereocenters. The second-order valence-corrected chi connectivity index (χ2v) is 0. The van der Waals surface area contributed by atoms with Crippen LogP contribution in [0.1, 0.15) is 0 Å². The van der Waals surface area contributed by atoms with Crippen molar-refractivity contribution in [1.29, 1.82) is 0 Å². The van der Waals surface area contributed by atoms with Crippen LogP contribution in [0, 0.1) is 0 Å². The Morgan fingerprint density at radius 1 is 1.00 bits per heavy atom. The third-order valence-electron chi connectivity index (χ3n) is 0. The third-order valence-corrected chi connectivity index (χ3v) is 0. The minimum Gasteiger partial charge on any atom is 0 e. The summed E-state index contributed by atoms with van der Waals surface area (Å²) in [5, 5.41) is 0. The van der Waals surface area contributed by atoms with Gasteiger partial charge in [0.15, 0.2) is 0 Å². The van der Waals surface area contributed by atoms with Crippen molar-refractivity contribution in [1.82, 2.24) is 0 Å². The van der Waals surface area contributed by atoms with Crippen molar-refractivity contribution in [2.75, 3.05) is 0 Å². The molecule has 0 aliphatic heterocycles. The first-order valence-electron chi connectivity index (χ1n) is 0. The van der Waals surface area contributed by atoms with Crippen LogP contribution < -0.4 is 0 Å². The van der Waals surface area contributed by atoms with Crippen molar-refractivity contribution in [3.8, 4) is 0 Å². The van der Waals surface area contributed by atoms with Gasteiger partial charge < -0.3 is 0 Å². The Balaban J connectivity index is 0. The molecule has 4 heavy (non-hydrogen) atoms. The van der Waals surface area contributed by atoms with Crippen LogP contribution in [0.4, 0.5) is 0 Å². The number of hydrogen-bond acceptors (Lipinski definition) is 0. The van der Waals surface area contributed by atoms with Gasteiger partial charge in [-0.05, 0) is 0 Å². The largest absolute Gasteiger partial charge is 0 e. The van der Waals surface area contributed by atoms with Crippen LogP contribution in [0.2, 0.25) is 0 Å². The fraction of sp³-hybridized carbons (Fsp3) is 0. The summed E-state index contributed by atoms with van der Waals surface area (Å²) in [6, 6.07) is 0. The van der Waals surface area contributed by atoms with E-state index in [1.807, 2.05) is 0 Å². The van der Waals surface area contributed by atoms with Crippen molar-refractivity contribution in [2.24, 2.45) is 0 Å². The maximum atomic E-state index is 0. The van der Waals surface area contributed by atoms with Gasteiger partial charge in [0, 0.05) is 115 Å². The first-order valence-corrected chi connectivity index (χ1v) is 0. The van der Waals surface area contributed by atoms with Crippen LogP contribution in [0.25, 0.3) is 0 Å². The molecule has 0 saturated heterocycles. The zero-order chi connectivity index (χ0) is 0. The molecule has 0 N–H and O–H groups in total. The van der Waals surface area contributed by atoms with Crippen LogP contribution in [-0.4, -0.2) is 80.9 Å². The standard InChI is InChI=1S/Fe.K.Mn.Na. The predicted octanol–water partition coefficient (Wildman–Crippen LogP) is -0.767. The van der Waals surface area contributed by atoms with E-state index in [0.29, 0.717) is 0 Å². The van der Waals surface area contributed by atoms with Crippen LogP contribution >= 0.6 is 0 Å². The summed E-state index contributed by atoms with van der Waals surface area (Å²) >= 11 is 0. The SMILES string of the molecule is [Fe].[K].[Mn].[Na]. The molecule has 0 nitrogen and oxygen atoms in total. The number of hydrogen-bond donors (Lipinski definition) is 0. The molecule has 0 unspecified atom stereocenters. The molecule has 0 heterocycles. The molecule has 0 aliphatic carbocycles. The van der Waals surface area contributed by atoms with Gasteiger partial charge in [-0.2, -0.15) is 0 Å². The quantitative estimate of drug-likeness (QED) is 0.422. The van der Waals surface area contributed by atoms with Gasteiger partial charge >= 0.3 is 0 Å². The minimum absolute atomic E-state index is 0. The molecule has 0 rings (SSSR count). The van der Waals surface area contributed by atoms with E-state index in [9.17, 15) is 0 Å². The average Bonchev–Trinajstić information content (AvgIpc) is 0. The zero-order valence-corrected chi connectivity index (χ0v) is 10.1. The maximum absolute atomic E-state index is 0. The fourth-order valence-corrected chi connectivity index (χ4v) is 0. The normalized spacial score (nSPS) is 0. The Kier molecular flexibility index (Phi) is 101. The maximum Gasteiger partial charge on any atom is 0 e. The van der Waals surface area contributed by atoms with E-state index in [0.717, 1.165) is 0 Å². The zero-order valence-electron chi connectivity index (χ0n) is 2.73. The summed E-state index contributed by atoms with van der Waals surface area (Å²) < 4.78 is 0. The van der Waals surface area contributed by atoms with E-state index < -0.39 is 0 Å². The van der Waals surface area contributed by atoms with Crippen LogP contribution in [0.15, 0.2) is 0 Å². The first-order chi connectivity index (χ1) is 0. The Morgan fingerprint density at radius 3 is 1.00 bits per heavy atom. The van der Waals surface area contributed by atoms with Gasteiger partial charge in [-0.15, -0.1) is 0 Å². The molecule has 17 valence electrons. The van der Waals surface area contributed by atoms with Gasteiger partial charge in [-0.1, -0.05) is 0 Å². The van der Waals surface area contributed by atoms with E-state index in [1.54, 1.807) is 0 Å². The second kappa shape index (κ2) is 15.9. The van der Waals surface area contributed by atoms with Gasteiger partial charge in [-0.3, -0.25) is 0 Å².